The molecule has 0 unspecified atom stereocenters. The maximum Gasteiger partial charge on any atom is 0.143 e. The number of thiophene rings is 1. The zero-order chi connectivity index (χ0) is 42.1. The van der Waals surface area contributed by atoms with Gasteiger partial charge in [-0.1, -0.05) is 146 Å². The summed E-state index contributed by atoms with van der Waals surface area (Å²) in [5.41, 5.74) is 15.6. The van der Waals surface area contributed by atoms with E-state index in [-0.39, 0.29) is 0 Å². The molecule has 13 rings (SSSR count). The number of fused-ring (bicyclic) bond motifs is 9. The summed E-state index contributed by atoms with van der Waals surface area (Å²) < 4.78 is 11.5. The highest BCUT2D eigenvalue weighted by Crippen LogP contribution is 2.43. The van der Waals surface area contributed by atoms with Gasteiger partial charge >= 0.3 is 0 Å². The van der Waals surface area contributed by atoms with Gasteiger partial charge in [0.25, 0.3) is 0 Å². The molecule has 10 aromatic carbocycles. The van der Waals surface area contributed by atoms with Gasteiger partial charge in [-0.05, 0) is 113 Å². The van der Waals surface area contributed by atoms with Crippen LogP contribution in [0, 0.1) is 0 Å². The van der Waals surface area contributed by atoms with Crippen molar-refractivity contribution in [2.75, 3.05) is 4.90 Å². The molecule has 0 radical (unpaired) electrons. The Bertz CT molecular complexity index is 3840. The van der Waals surface area contributed by atoms with Crippen molar-refractivity contribution in [1.29, 1.82) is 0 Å². The number of rotatable bonds is 7. The zero-order valence-corrected chi connectivity index (χ0v) is 35.5. The molecular weight excluding hydrogens is 797 g/mol. The standard InChI is InChI=1S/C60H38N2OS/c1-2-12-41(13-3-1)48-19-11-20-52-53-37-43(28-34-57(53)63-60(48)52)40-26-31-45(32-27-40)61(47-33-35-59-54(38-47)51-18-6-9-23-58(51)64-59)44-29-24-39(25-30-44)42-14-10-15-46(36-42)62-55-21-7-4-16-49(55)50-17-5-8-22-56(50)62/h1-38H. The van der Waals surface area contributed by atoms with Crippen molar-refractivity contribution < 1.29 is 4.42 Å². The first-order valence-electron chi connectivity index (χ1n) is 21.7. The number of hydrogen-bond acceptors (Lipinski definition) is 3. The summed E-state index contributed by atoms with van der Waals surface area (Å²) >= 11 is 1.85. The van der Waals surface area contributed by atoms with Crippen LogP contribution >= 0.6 is 11.3 Å². The number of para-hydroxylation sites is 3. The molecule has 3 nitrogen and oxygen atoms in total. The van der Waals surface area contributed by atoms with Crippen molar-refractivity contribution in [2.45, 2.75) is 0 Å². The lowest BCUT2D eigenvalue weighted by atomic mass is 10.00. The van der Waals surface area contributed by atoms with E-state index in [1.54, 1.807) is 0 Å². The van der Waals surface area contributed by atoms with Gasteiger partial charge in [0.1, 0.15) is 11.2 Å². The zero-order valence-electron chi connectivity index (χ0n) is 34.7. The summed E-state index contributed by atoms with van der Waals surface area (Å²) in [6.45, 7) is 0. The number of nitrogens with zero attached hydrogens (tertiary/aromatic N) is 2. The lowest BCUT2D eigenvalue weighted by Gasteiger charge is -2.26. The second kappa shape index (κ2) is 14.7. The highest BCUT2D eigenvalue weighted by atomic mass is 32.1. The van der Waals surface area contributed by atoms with Crippen LogP contribution in [0.3, 0.4) is 0 Å². The number of hydrogen-bond donors (Lipinski definition) is 0. The van der Waals surface area contributed by atoms with E-state index in [4.69, 9.17) is 4.42 Å². The van der Waals surface area contributed by atoms with Gasteiger partial charge in [-0.3, -0.25) is 0 Å². The Morgan fingerprint density at radius 3 is 1.64 bits per heavy atom. The SMILES string of the molecule is c1ccc(-c2cccc3c2oc2ccc(-c4ccc(N(c5ccc(-c6cccc(-n7c8ccccc8c8ccccc87)c6)cc5)c5ccc6sc7ccccc7c6c5)cc4)cc23)cc1. The van der Waals surface area contributed by atoms with E-state index >= 15 is 0 Å². The molecule has 64 heavy (non-hydrogen) atoms. The van der Waals surface area contributed by atoms with E-state index < -0.39 is 0 Å². The summed E-state index contributed by atoms with van der Waals surface area (Å²) in [4.78, 5) is 2.38. The minimum atomic E-state index is 0.892. The highest BCUT2D eigenvalue weighted by Gasteiger charge is 2.18. The average molecular weight is 835 g/mol. The molecule has 0 spiro atoms. The molecule has 0 aliphatic heterocycles. The molecule has 3 aromatic heterocycles. The molecule has 0 saturated carbocycles. The van der Waals surface area contributed by atoms with E-state index in [1.807, 2.05) is 17.4 Å². The first-order chi connectivity index (χ1) is 31.7. The third-order valence-corrected chi connectivity index (χ3v) is 14.0. The minimum absolute atomic E-state index is 0.892. The minimum Gasteiger partial charge on any atom is -0.455 e. The second-order valence-corrected chi connectivity index (χ2v) is 17.6. The van der Waals surface area contributed by atoms with Gasteiger partial charge in [-0.2, -0.15) is 0 Å². The van der Waals surface area contributed by atoms with E-state index in [0.717, 1.165) is 66.9 Å². The van der Waals surface area contributed by atoms with Gasteiger partial charge in [0, 0.05) is 70.0 Å². The molecular formula is C60H38N2OS. The van der Waals surface area contributed by atoms with Crippen molar-refractivity contribution in [3.05, 3.63) is 231 Å². The first-order valence-corrected chi connectivity index (χ1v) is 22.6. The molecule has 0 aliphatic rings. The van der Waals surface area contributed by atoms with Crippen molar-refractivity contribution in [1.82, 2.24) is 4.57 Å². The van der Waals surface area contributed by atoms with Crippen molar-refractivity contribution in [3.63, 3.8) is 0 Å². The molecule has 300 valence electrons. The Morgan fingerprint density at radius 2 is 0.906 bits per heavy atom. The molecule has 0 amide bonds. The van der Waals surface area contributed by atoms with Crippen LogP contribution in [-0.2, 0) is 0 Å². The van der Waals surface area contributed by atoms with Gasteiger partial charge in [0.15, 0.2) is 0 Å². The monoisotopic (exact) mass is 834 g/mol. The summed E-state index contributed by atoms with van der Waals surface area (Å²) in [6.07, 6.45) is 0. The van der Waals surface area contributed by atoms with Crippen molar-refractivity contribution in [3.8, 4) is 39.1 Å². The summed E-state index contributed by atoms with van der Waals surface area (Å²) in [6, 6.07) is 83.4. The molecule has 0 N–H and O–H groups in total. The molecule has 0 aliphatic carbocycles. The topological polar surface area (TPSA) is 21.3 Å². The Hall–Kier alpha value is -8.18. The maximum atomic E-state index is 6.51. The van der Waals surface area contributed by atoms with Gasteiger partial charge in [0.2, 0.25) is 0 Å². The highest BCUT2D eigenvalue weighted by molar-refractivity contribution is 7.25. The quantitative estimate of drug-likeness (QED) is 0.159. The summed E-state index contributed by atoms with van der Waals surface area (Å²) in [7, 11) is 0. The Kier molecular flexibility index (Phi) is 8.40. The van der Waals surface area contributed by atoms with E-state index in [9.17, 15) is 0 Å². The molecule has 13 aromatic rings. The van der Waals surface area contributed by atoms with Crippen LogP contribution in [0.1, 0.15) is 0 Å². The fourth-order valence-electron chi connectivity index (χ4n) is 9.75. The molecule has 0 atom stereocenters. The molecule has 4 heteroatoms. The largest absolute Gasteiger partial charge is 0.455 e. The van der Waals surface area contributed by atoms with Crippen LogP contribution in [0.4, 0.5) is 17.1 Å². The number of aromatic nitrogens is 1. The first kappa shape index (κ1) is 36.5. The van der Waals surface area contributed by atoms with E-state index in [0.29, 0.717) is 0 Å². The Balaban J connectivity index is 0.886. The third kappa shape index (κ3) is 5.95. The smallest absolute Gasteiger partial charge is 0.143 e. The maximum absolute atomic E-state index is 6.51. The Labute approximate surface area is 373 Å². The van der Waals surface area contributed by atoms with Crippen LogP contribution in [0.2, 0.25) is 0 Å². The predicted octanol–water partition coefficient (Wildman–Crippen LogP) is 17.5. The van der Waals surface area contributed by atoms with Crippen LogP contribution in [0.15, 0.2) is 235 Å². The third-order valence-electron chi connectivity index (χ3n) is 12.8. The van der Waals surface area contributed by atoms with E-state index in [1.165, 1.54) is 53.1 Å². The average Bonchev–Trinajstić information content (AvgIpc) is 4.04. The van der Waals surface area contributed by atoms with Crippen molar-refractivity contribution in [2.24, 2.45) is 0 Å². The lowest BCUT2D eigenvalue weighted by Crippen LogP contribution is -2.09. The predicted molar refractivity (Wildman–Crippen MR) is 272 cm³/mol. The molecule has 3 heterocycles. The number of furan rings is 1. The summed E-state index contributed by atoms with van der Waals surface area (Å²) in [5, 5.41) is 7.33. The van der Waals surface area contributed by atoms with Crippen molar-refractivity contribution >= 4 is 92.3 Å². The second-order valence-electron chi connectivity index (χ2n) is 16.5. The normalized spacial score (nSPS) is 11.8. The van der Waals surface area contributed by atoms with Crippen LogP contribution in [-0.4, -0.2) is 4.57 Å². The van der Waals surface area contributed by atoms with Crippen LogP contribution < -0.4 is 4.90 Å². The molecule has 0 bridgehead atoms. The lowest BCUT2D eigenvalue weighted by molar-refractivity contribution is 0.670. The fourth-order valence-corrected chi connectivity index (χ4v) is 10.8. The van der Waals surface area contributed by atoms with E-state index in [2.05, 4.69) is 234 Å². The molecule has 0 saturated heterocycles. The van der Waals surface area contributed by atoms with Gasteiger partial charge in [-0.25, -0.2) is 0 Å². The van der Waals surface area contributed by atoms with Gasteiger partial charge in [0.05, 0.1) is 11.0 Å². The fraction of sp³-hybridized carbons (Fsp3) is 0. The Morgan fingerprint density at radius 1 is 0.344 bits per heavy atom. The molecule has 0 fully saturated rings. The number of benzene rings is 10. The van der Waals surface area contributed by atoms with Crippen LogP contribution in [0.5, 0.6) is 0 Å². The summed E-state index contributed by atoms with van der Waals surface area (Å²) in [5.74, 6) is 0. The number of anilines is 3. The van der Waals surface area contributed by atoms with Gasteiger partial charge in [-0.15, -0.1) is 11.3 Å². The van der Waals surface area contributed by atoms with Gasteiger partial charge < -0.3 is 13.9 Å². The van der Waals surface area contributed by atoms with Crippen LogP contribution in [0.25, 0.3) is 103 Å².